The van der Waals surface area contributed by atoms with Gasteiger partial charge in [0.05, 0.1) is 12.3 Å². The quantitative estimate of drug-likeness (QED) is 0.729. The molecule has 100 valence electrons. The summed E-state index contributed by atoms with van der Waals surface area (Å²) in [4.78, 5) is 11.4. The van der Waals surface area contributed by atoms with Gasteiger partial charge in [-0.2, -0.15) is 0 Å². The Bertz CT molecular complexity index is 383. The maximum absolute atomic E-state index is 13.2. The van der Waals surface area contributed by atoms with Gasteiger partial charge < -0.3 is 15.4 Å². The van der Waals surface area contributed by atoms with Gasteiger partial charge in [0.1, 0.15) is 12.4 Å². The Kier molecular flexibility index (Phi) is 6.32. The number of para-hydroxylation sites is 1. The van der Waals surface area contributed by atoms with Crippen LogP contribution in [0.2, 0.25) is 0 Å². The van der Waals surface area contributed by atoms with Gasteiger partial charge in [-0.3, -0.25) is 4.79 Å². The minimum Gasteiger partial charge on any atom is -0.370 e. The number of anilines is 1. The summed E-state index contributed by atoms with van der Waals surface area (Å²) < 4.78 is 18.4. The van der Waals surface area contributed by atoms with Crippen LogP contribution in [-0.2, 0) is 9.53 Å². The molecular weight excluding hydrogens is 235 g/mol. The molecule has 2 N–H and O–H groups in total. The van der Waals surface area contributed by atoms with Crippen LogP contribution in [0.5, 0.6) is 0 Å². The third kappa shape index (κ3) is 5.75. The Morgan fingerprint density at radius 2 is 2.11 bits per heavy atom. The molecule has 1 aromatic carbocycles. The molecule has 0 aliphatic carbocycles. The predicted molar refractivity (Wildman–Crippen MR) is 69.0 cm³/mol. The summed E-state index contributed by atoms with van der Waals surface area (Å²) in [5.74, 6) is -0.808. The number of amides is 1. The molecule has 0 spiro atoms. The van der Waals surface area contributed by atoms with Gasteiger partial charge >= 0.3 is 0 Å². The number of ether oxygens (including phenoxy) is 1. The first kappa shape index (κ1) is 14.6. The van der Waals surface area contributed by atoms with E-state index in [4.69, 9.17) is 4.74 Å². The van der Waals surface area contributed by atoms with Crippen LogP contribution in [0.15, 0.2) is 24.3 Å². The summed E-state index contributed by atoms with van der Waals surface area (Å²) in [5.41, 5.74) is 0.173. The molecule has 0 bridgehead atoms. The second-order valence-electron chi connectivity index (χ2n) is 4.19. The number of halogens is 1. The Balaban J connectivity index is 2.20. The number of hydrogen-bond donors (Lipinski definition) is 2. The van der Waals surface area contributed by atoms with Gasteiger partial charge in [0.25, 0.3) is 0 Å². The molecule has 0 aliphatic heterocycles. The smallest absolute Gasteiger partial charge is 0.250 e. The number of rotatable bonds is 7. The zero-order chi connectivity index (χ0) is 13.4. The first-order valence-electron chi connectivity index (χ1n) is 5.95. The van der Waals surface area contributed by atoms with Gasteiger partial charge in [0.2, 0.25) is 5.91 Å². The molecule has 0 fully saturated rings. The van der Waals surface area contributed by atoms with Crippen LogP contribution in [0.3, 0.4) is 0 Å². The number of benzene rings is 1. The first-order chi connectivity index (χ1) is 8.59. The number of carbonyl (C=O) groups excluding carboxylic acids is 1. The van der Waals surface area contributed by atoms with E-state index in [0.29, 0.717) is 19.2 Å². The number of nitrogens with one attached hydrogen (secondary N) is 2. The molecule has 0 heterocycles. The lowest BCUT2D eigenvalue weighted by molar-refractivity contribution is -0.120. The largest absolute Gasteiger partial charge is 0.370 e. The van der Waals surface area contributed by atoms with Crippen molar-refractivity contribution in [1.29, 1.82) is 0 Å². The van der Waals surface area contributed by atoms with E-state index in [2.05, 4.69) is 10.6 Å². The molecule has 0 radical (unpaired) electrons. The molecule has 1 aromatic rings. The van der Waals surface area contributed by atoms with Gasteiger partial charge in [-0.05, 0) is 12.1 Å². The Hall–Kier alpha value is -1.46. The van der Waals surface area contributed by atoms with E-state index < -0.39 is 5.82 Å². The SMILES string of the molecule is CC(C)NCCOCC(=O)Nc1ccccc1F. The van der Waals surface area contributed by atoms with Crippen LogP contribution in [0.25, 0.3) is 0 Å². The van der Waals surface area contributed by atoms with E-state index in [1.165, 1.54) is 12.1 Å². The molecule has 1 amide bonds. The molecule has 0 aliphatic rings. The average molecular weight is 254 g/mol. The lowest BCUT2D eigenvalue weighted by Crippen LogP contribution is -2.28. The topological polar surface area (TPSA) is 50.4 Å². The highest BCUT2D eigenvalue weighted by atomic mass is 19.1. The predicted octanol–water partition coefficient (Wildman–Crippen LogP) is 1.78. The highest BCUT2D eigenvalue weighted by Gasteiger charge is 2.05. The molecule has 0 saturated heterocycles. The third-order valence-corrected chi connectivity index (χ3v) is 2.18. The lowest BCUT2D eigenvalue weighted by atomic mass is 10.3. The molecule has 0 unspecified atom stereocenters. The third-order valence-electron chi connectivity index (χ3n) is 2.18. The minimum absolute atomic E-state index is 0.0753. The summed E-state index contributed by atoms with van der Waals surface area (Å²) >= 11 is 0. The van der Waals surface area contributed by atoms with Crippen LogP contribution < -0.4 is 10.6 Å². The van der Waals surface area contributed by atoms with Crippen molar-refractivity contribution in [3.05, 3.63) is 30.1 Å². The normalized spacial score (nSPS) is 10.7. The van der Waals surface area contributed by atoms with Gasteiger partial charge in [0.15, 0.2) is 0 Å². The fourth-order valence-electron chi connectivity index (χ4n) is 1.33. The Morgan fingerprint density at radius 3 is 2.78 bits per heavy atom. The minimum atomic E-state index is -0.452. The number of hydrogen-bond acceptors (Lipinski definition) is 3. The van der Waals surface area contributed by atoms with E-state index in [-0.39, 0.29) is 18.2 Å². The van der Waals surface area contributed by atoms with Crippen LogP contribution in [-0.4, -0.2) is 31.7 Å². The van der Waals surface area contributed by atoms with Crippen LogP contribution in [0, 0.1) is 5.82 Å². The van der Waals surface area contributed by atoms with Crippen molar-refractivity contribution in [2.24, 2.45) is 0 Å². The second-order valence-corrected chi connectivity index (χ2v) is 4.19. The molecule has 4 nitrogen and oxygen atoms in total. The molecular formula is C13H19FN2O2. The van der Waals surface area contributed by atoms with Gasteiger partial charge in [-0.1, -0.05) is 26.0 Å². The Morgan fingerprint density at radius 1 is 1.39 bits per heavy atom. The summed E-state index contributed by atoms with van der Waals surface area (Å²) in [6.45, 7) is 5.12. The van der Waals surface area contributed by atoms with E-state index in [0.717, 1.165) is 0 Å². The average Bonchev–Trinajstić information content (AvgIpc) is 2.31. The summed E-state index contributed by atoms with van der Waals surface area (Å²) in [6, 6.07) is 6.42. The summed E-state index contributed by atoms with van der Waals surface area (Å²) in [7, 11) is 0. The zero-order valence-electron chi connectivity index (χ0n) is 10.7. The first-order valence-corrected chi connectivity index (χ1v) is 5.95. The zero-order valence-corrected chi connectivity index (χ0v) is 10.7. The van der Waals surface area contributed by atoms with E-state index in [1.807, 2.05) is 13.8 Å². The van der Waals surface area contributed by atoms with E-state index >= 15 is 0 Å². The van der Waals surface area contributed by atoms with Crippen molar-refractivity contribution >= 4 is 11.6 Å². The van der Waals surface area contributed by atoms with Crippen molar-refractivity contribution in [1.82, 2.24) is 5.32 Å². The maximum Gasteiger partial charge on any atom is 0.250 e. The monoisotopic (exact) mass is 254 g/mol. The molecule has 1 rings (SSSR count). The molecule has 0 saturated carbocycles. The van der Waals surface area contributed by atoms with Gasteiger partial charge in [-0.25, -0.2) is 4.39 Å². The van der Waals surface area contributed by atoms with E-state index in [9.17, 15) is 9.18 Å². The summed E-state index contributed by atoms with van der Waals surface area (Å²) in [6.07, 6.45) is 0. The highest BCUT2D eigenvalue weighted by molar-refractivity contribution is 5.91. The Labute approximate surface area is 107 Å². The van der Waals surface area contributed by atoms with Crippen molar-refractivity contribution in [3.63, 3.8) is 0 Å². The maximum atomic E-state index is 13.2. The van der Waals surface area contributed by atoms with Crippen molar-refractivity contribution in [2.75, 3.05) is 25.1 Å². The lowest BCUT2D eigenvalue weighted by Gasteiger charge is -2.09. The van der Waals surface area contributed by atoms with Crippen LogP contribution in [0.1, 0.15) is 13.8 Å². The molecule has 5 heteroatoms. The van der Waals surface area contributed by atoms with Crippen LogP contribution in [0.4, 0.5) is 10.1 Å². The van der Waals surface area contributed by atoms with Crippen molar-refractivity contribution in [3.8, 4) is 0 Å². The standard InChI is InChI=1S/C13H19FN2O2/c1-10(2)15-7-8-18-9-13(17)16-12-6-4-3-5-11(12)14/h3-6,10,15H,7-9H2,1-2H3,(H,16,17). The molecule has 18 heavy (non-hydrogen) atoms. The number of carbonyl (C=O) groups is 1. The highest BCUT2D eigenvalue weighted by Crippen LogP contribution is 2.11. The summed E-state index contributed by atoms with van der Waals surface area (Å²) in [5, 5.41) is 5.61. The molecule has 0 aromatic heterocycles. The molecule has 0 atom stereocenters. The fraction of sp³-hybridized carbons (Fsp3) is 0.462. The van der Waals surface area contributed by atoms with Crippen molar-refractivity contribution in [2.45, 2.75) is 19.9 Å². The second kappa shape index (κ2) is 7.79. The van der Waals surface area contributed by atoms with Gasteiger partial charge in [-0.15, -0.1) is 0 Å². The van der Waals surface area contributed by atoms with Gasteiger partial charge in [0, 0.05) is 12.6 Å². The van der Waals surface area contributed by atoms with E-state index in [1.54, 1.807) is 12.1 Å². The fourth-order valence-corrected chi connectivity index (χ4v) is 1.33. The van der Waals surface area contributed by atoms with Crippen molar-refractivity contribution < 1.29 is 13.9 Å². The van der Waals surface area contributed by atoms with Crippen LogP contribution >= 0.6 is 0 Å².